The van der Waals surface area contributed by atoms with E-state index in [1.165, 1.54) is 11.0 Å². The van der Waals surface area contributed by atoms with E-state index < -0.39 is 44.2 Å². The fourth-order valence-electron chi connectivity index (χ4n) is 3.38. The molecule has 10 heteroatoms. The molecule has 3 fully saturated rings. The summed E-state index contributed by atoms with van der Waals surface area (Å²) >= 11 is 0. The van der Waals surface area contributed by atoms with Gasteiger partial charge in [0.15, 0.2) is 0 Å². The summed E-state index contributed by atoms with van der Waals surface area (Å²) in [5.74, 6) is -1.74. The highest BCUT2D eigenvalue weighted by atomic mass is 32.2. The Morgan fingerprint density at radius 1 is 1.31 bits per heavy atom. The molecule has 0 aromatic heterocycles. The molecule has 2 aliphatic carbocycles. The molecule has 4 amide bonds. The molecule has 9 nitrogen and oxygen atoms in total. The van der Waals surface area contributed by atoms with E-state index in [0.29, 0.717) is 32.2 Å². The lowest BCUT2D eigenvalue weighted by Crippen LogP contribution is -2.57. The summed E-state index contributed by atoms with van der Waals surface area (Å²) in [6.45, 7) is 5.57. The zero-order chi connectivity index (χ0) is 19.3. The first-order valence-electron chi connectivity index (χ1n) is 8.64. The van der Waals surface area contributed by atoms with Gasteiger partial charge in [0.25, 0.3) is 5.91 Å². The van der Waals surface area contributed by atoms with Gasteiger partial charge in [0, 0.05) is 12.5 Å². The molecule has 0 spiro atoms. The number of nitrogens with zero attached hydrogens (tertiary/aromatic N) is 1. The number of urea groups is 1. The minimum absolute atomic E-state index is 0.259. The van der Waals surface area contributed by atoms with Crippen molar-refractivity contribution < 1.29 is 22.8 Å². The van der Waals surface area contributed by atoms with Crippen molar-refractivity contribution in [2.45, 2.75) is 55.4 Å². The average molecular weight is 384 g/mol. The number of likely N-dealkylation sites (tertiary alicyclic amines) is 1. The van der Waals surface area contributed by atoms with Gasteiger partial charge in [-0.2, -0.15) is 0 Å². The number of amides is 4. The highest BCUT2D eigenvalue weighted by Gasteiger charge is 2.62. The van der Waals surface area contributed by atoms with Gasteiger partial charge in [-0.15, -0.1) is 6.58 Å². The van der Waals surface area contributed by atoms with E-state index in [2.05, 4.69) is 16.6 Å². The van der Waals surface area contributed by atoms with Crippen molar-refractivity contribution in [1.29, 1.82) is 0 Å². The molecule has 0 bridgehead atoms. The van der Waals surface area contributed by atoms with Gasteiger partial charge >= 0.3 is 6.03 Å². The van der Waals surface area contributed by atoms with Crippen molar-refractivity contribution in [3.63, 3.8) is 0 Å². The Balaban J connectivity index is 1.74. The number of carbonyl (C=O) groups is 3. The van der Waals surface area contributed by atoms with Gasteiger partial charge in [-0.05, 0) is 39.0 Å². The van der Waals surface area contributed by atoms with Crippen LogP contribution in [-0.2, 0) is 19.6 Å². The topological polar surface area (TPSA) is 139 Å². The van der Waals surface area contributed by atoms with Crippen LogP contribution in [0, 0.1) is 5.92 Å². The van der Waals surface area contributed by atoms with Crippen LogP contribution in [0.1, 0.15) is 39.0 Å². The Bertz CT molecular complexity index is 776. The van der Waals surface area contributed by atoms with E-state index in [0.717, 1.165) is 0 Å². The van der Waals surface area contributed by atoms with E-state index in [9.17, 15) is 22.8 Å². The van der Waals surface area contributed by atoms with Crippen molar-refractivity contribution in [1.82, 2.24) is 14.9 Å². The second kappa shape index (κ2) is 5.97. The maximum Gasteiger partial charge on any atom is 0.318 e. The molecule has 26 heavy (non-hydrogen) atoms. The van der Waals surface area contributed by atoms with E-state index >= 15 is 0 Å². The Labute approximate surface area is 152 Å². The van der Waals surface area contributed by atoms with Gasteiger partial charge in [-0.3, -0.25) is 14.3 Å². The molecule has 3 aliphatic rings. The Kier molecular flexibility index (Phi) is 4.29. The van der Waals surface area contributed by atoms with Gasteiger partial charge in [0.2, 0.25) is 15.9 Å². The minimum atomic E-state index is -3.81. The van der Waals surface area contributed by atoms with Gasteiger partial charge < -0.3 is 16.0 Å². The number of sulfonamides is 1. The molecule has 0 aromatic rings. The lowest BCUT2D eigenvalue weighted by molar-refractivity contribution is -0.122. The van der Waals surface area contributed by atoms with Crippen LogP contribution in [0.25, 0.3) is 0 Å². The largest absolute Gasteiger partial charge is 0.368 e. The number of rotatable bonds is 6. The molecular weight excluding hydrogens is 360 g/mol. The van der Waals surface area contributed by atoms with Crippen LogP contribution in [0.3, 0.4) is 0 Å². The molecule has 2 saturated carbocycles. The smallest absolute Gasteiger partial charge is 0.318 e. The van der Waals surface area contributed by atoms with Crippen molar-refractivity contribution in [2.75, 3.05) is 6.54 Å². The van der Waals surface area contributed by atoms with Crippen LogP contribution >= 0.6 is 0 Å². The predicted octanol–water partition coefficient (Wildman–Crippen LogP) is -0.411. The summed E-state index contributed by atoms with van der Waals surface area (Å²) in [6.07, 6.45) is 3.87. The number of nitrogens with one attached hydrogen (secondary N) is 2. The maximum atomic E-state index is 12.7. The first kappa shape index (κ1) is 18.7. The SMILES string of the molecule is C=C[C@@H]1C[C@]1(NC(=O)N1CCCC1C(N)=O)C(=O)NS(=O)(=O)C1(C)CC1. The van der Waals surface area contributed by atoms with E-state index in [4.69, 9.17) is 5.73 Å². The normalized spacial score (nSPS) is 31.8. The summed E-state index contributed by atoms with van der Waals surface area (Å²) in [6, 6.07) is -1.31. The molecule has 0 aromatic carbocycles. The van der Waals surface area contributed by atoms with E-state index in [1.54, 1.807) is 6.92 Å². The molecule has 3 atom stereocenters. The van der Waals surface area contributed by atoms with Crippen LogP contribution in [-0.4, -0.2) is 54.0 Å². The highest BCUT2D eigenvalue weighted by Crippen LogP contribution is 2.47. The predicted molar refractivity (Wildman–Crippen MR) is 93.2 cm³/mol. The summed E-state index contributed by atoms with van der Waals surface area (Å²) < 4.78 is 25.9. The Hall–Kier alpha value is -2.10. The quantitative estimate of drug-likeness (QED) is 0.534. The van der Waals surface area contributed by atoms with Crippen LogP contribution in [0.15, 0.2) is 12.7 Å². The molecule has 4 N–H and O–H groups in total. The number of primary amides is 1. The van der Waals surface area contributed by atoms with Crippen molar-refractivity contribution in [2.24, 2.45) is 11.7 Å². The molecule has 1 unspecified atom stereocenters. The van der Waals surface area contributed by atoms with Crippen LogP contribution in [0.2, 0.25) is 0 Å². The Morgan fingerprint density at radius 3 is 2.46 bits per heavy atom. The third kappa shape index (κ3) is 2.95. The minimum Gasteiger partial charge on any atom is -0.368 e. The number of carbonyl (C=O) groups excluding carboxylic acids is 3. The first-order chi connectivity index (χ1) is 12.1. The standard InChI is InChI=1S/C16H24N4O5S/c1-3-10-9-16(10,13(22)19-26(24,25)15(2)6-7-15)18-14(23)20-8-4-5-11(20)12(17)21/h3,10-11H,1,4-9H2,2H3,(H2,17,21)(H,18,23)(H,19,22)/t10-,11?,16-/m1/s1. The van der Waals surface area contributed by atoms with Crippen LogP contribution < -0.4 is 15.8 Å². The van der Waals surface area contributed by atoms with E-state index in [-0.39, 0.29) is 12.3 Å². The molecule has 1 aliphatic heterocycles. The second-order valence-electron chi connectivity index (χ2n) is 7.59. The maximum absolute atomic E-state index is 12.7. The number of hydrogen-bond acceptors (Lipinski definition) is 5. The molecule has 0 radical (unpaired) electrons. The zero-order valence-corrected chi connectivity index (χ0v) is 15.5. The molecule has 3 rings (SSSR count). The molecule has 144 valence electrons. The highest BCUT2D eigenvalue weighted by molar-refractivity contribution is 7.91. The van der Waals surface area contributed by atoms with Crippen molar-refractivity contribution in [3.8, 4) is 0 Å². The van der Waals surface area contributed by atoms with Gasteiger partial charge in [-0.1, -0.05) is 6.08 Å². The fourth-order valence-corrected chi connectivity index (χ4v) is 4.70. The summed E-state index contributed by atoms with van der Waals surface area (Å²) in [7, 11) is -3.81. The lowest BCUT2D eigenvalue weighted by Gasteiger charge is -2.26. The Morgan fingerprint density at radius 2 is 1.96 bits per heavy atom. The zero-order valence-electron chi connectivity index (χ0n) is 14.7. The fraction of sp³-hybridized carbons (Fsp3) is 0.688. The molecular formula is C16H24N4O5S. The van der Waals surface area contributed by atoms with Gasteiger partial charge in [0.05, 0.1) is 4.75 Å². The number of nitrogens with two attached hydrogens (primary N) is 1. The number of hydrogen-bond donors (Lipinski definition) is 3. The summed E-state index contributed by atoms with van der Waals surface area (Å²) in [5.41, 5.74) is 3.96. The van der Waals surface area contributed by atoms with Crippen LogP contribution in [0.4, 0.5) is 4.79 Å². The van der Waals surface area contributed by atoms with Crippen LogP contribution in [0.5, 0.6) is 0 Å². The monoisotopic (exact) mass is 384 g/mol. The van der Waals surface area contributed by atoms with Crippen molar-refractivity contribution >= 4 is 27.9 Å². The average Bonchev–Trinajstić information content (AvgIpc) is 3.41. The second-order valence-corrected chi connectivity index (χ2v) is 9.78. The summed E-state index contributed by atoms with van der Waals surface area (Å²) in [4.78, 5) is 38.1. The first-order valence-corrected chi connectivity index (χ1v) is 10.1. The van der Waals surface area contributed by atoms with Gasteiger partial charge in [0.1, 0.15) is 11.6 Å². The van der Waals surface area contributed by atoms with Gasteiger partial charge in [-0.25, -0.2) is 13.2 Å². The van der Waals surface area contributed by atoms with Crippen molar-refractivity contribution in [3.05, 3.63) is 12.7 Å². The molecule has 1 heterocycles. The third-order valence-corrected chi connectivity index (χ3v) is 7.87. The third-order valence-electron chi connectivity index (χ3n) is 5.71. The lowest BCUT2D eigenvalue weighted by atomic mass is 10.2. The molecule has 1 saturated heterocycles. The summed E-state index contributed by atoms with van der Waals surface area (Å²) in [5, 5.41) is 2.62. The van der Waals surface area contributed by atoms with E-state index in [1.807, 2.05) is 0 Å².